The van der Waals surface area contributed by atoms with E-state index in [1.165, 1.54) is 12.8 Å². The first kappa shape index (κ1) is 13.2. The zero-order valence-corrected chi connectivity index (χ0v) is 10.0. The highest BCUT2D eigenvalue weighted by atomic mass is 32.2. The Bertz CT molecular complexity index is 129. The van der Waals surface area contributed by atoms with Gasteiger partial charge in [0.25, 0.3) is 0 Å². The molecule has 4 heteroatoms. The molecule has 0 N–H and O–H groups in total. The molecule has 0 rings (SSSR count). The van der Waals surface area contributed by atoms with E-state index in [9.17, 15) is 0 Å². The third kappa shape index (κ3) is 10.1. The normalized spacial score (nSPS) is 10.0. The lowest BCUT2D eigenvalue weighted by Crippen LogP contribution is -2.06. The van der Waals surface area contributed by atoms with Crippen LogP contribution < -0.4 is 0 Å². The van der Waals surface area contributed by atoms with Crippen molar-refractivity contribution in [2.24, 2.45) is 0 Å². The van der Waals surface area contributed by atoms with E-state index in [1.54, 1.807) is 11.8 Å². The molecule has 0 aromatic carbocycles. The largest absolute Gasteiger partial charge is 0.476 e. The van der Waals surface area contributed by atoms with E-state index in [1.807, 2.05) is 6.92 Å². The molecule has 0 aliphatic carbocycles. The Morgan fingerprint density at radius 3 is 2.69 bits per heavy atom. The molecule has 0 bridgehead atoms. The first-order chi connectivity index (χ1) is 6.31. The topological polar surface area (TPSA) is 18.5 Å². The van der Waals surface area contributed by atoms with E-state index >= 15 is 0 Å². The Morgan fingerprint density at radius 1 is 1.31 bits per heavy atom. The second-order valence-corrected chi connectivity index (χ2v) is 4.19. The van der Waals surface area contributed by atoms with Gasteiger partial charge in [-0.25, -0.2) is 0 Å². The predicted molar refractivity (Wildman–Crippen MR) is 62.4 cm³/mol. The van der Waals surface area contributed by atoms with Crippen molar-refractivity contribution in [3.05, 3.63) is 0 Å². The van der Waals surface area contributed by atoms with Crippen LogP contribution >= 0.6 is 24.0 Å². The highest BCUT2D eigenvalue weighted by Gasteiger charge is 1.97. The maximum atomic E-state index is 5.26. The highest BCUT2D eigenvalue weighted by Crippen LogP contribution is 2.08. The molecule has 0 aliphatic rings. The summed E-state index contributed by atoms with van der Waals surface area (Å²) in [7, 11) is 0. The fourth-order valence-electron chi connectivity index (χ4n) is 0.670. The summed E-state index contributed by atoms with van der Waals surface area (Å²) < 4.78 is 11.0. The van der Waals surface area contributed by atoms with Crippen LogP contribution in [0.3, 0.4) is 0 Å². The van der Waals surface area contributed by atoms with Gasteiger partial charge in [0.1, 0.15) is 6.61 Å². The van der Waals surface area contributed by atoms with Gasteiger partial charge in [0, 0.05) is 12.4 Å². The molecule has 0 saturated heterocycles. The molecule has 0 fully saturated rings. The van der Waals surface area contributed by atoms with Gasteiger partial charge in [-0.2, -0.15) is 0 Å². The predicted octanol–water partition coefficient (Wildman–Crippen LogP) is 2.86. The average molecular weight is 222 g/mol. The number of hydrogen-bond donors (Lipinski definition) is 0. The molecule has 0 spiro atoms. The third-order valence-corrected chi connectivity index (χ3v) is 2.69. The van der Waals surface area contributed by atoms with E-state index in [0.29, 0.717) is 17.6 Å². The molecular formula is C9H18O2S2. The summed E-state index contributed by atoms with van der Waals surface area (Å²) in [4.78, 5) is 0. The first-order valence-electron chi connectivity index (χ1n) is 4.68. The molecule has 0 heterocycles. The maximum Gasteiger partial charge on any atom is 0.220 e. The minimum absolute atomic E-state index is 0.575. The number of thiocarbonyl (C=S) groups is 1. The number of rotatable bonds is 7. The summed E-state index contributed by atoms with van der Waals surface area (Å²) in [6.07, 6.45) is 2.40. The summed E-state index contributed by atoms with van der Waals surface area (Å²) in [6.45, 7) is 6.07. The lowest BCUT2D eigenvalue weighted by Gasteiger charge is -2.06. The molecular weight excluding hydrogens is 204 g/mol. The Kier molecular flexibility index (Phi) is 10.4. The first-order valence-corrected chi connectivity index (χ1v) is 6.08. The van der Waals surface area contributed by atoms with E-state index in [4.69, 9.17) is 21.7 Å². The molecule has 0 aliphatic heterocycles. The SMILES string of the molecule is CCCCSC(=S)OCCOCC. The van der Waals surface area contributed by atoms with Crippen molar-refractivity contribution in [2.45, 2.75) is 26.7 Å². The second-order valence-electron chi connectivity index (χ2n) is 2.50. The van der Waals surface area contributed by atoms with Gasteiger partial charge in [0.15, 0.2) is 0 Å². The van der Waals surface area contributed by atoms with Crippen LogP contribution in [0.1, 0.15) is 26.7 Å². The Hall–Kier alpha value is 0.200. The molecule has 0 aromatic heterocycles. The van der Waals surface area contributed by atoms with E-state index < -0.39 is 0 Å². The smallest absolute Gasteiger partial charge is 0.220 e. The van der Waals surface area contributed by atoms with Crippen molar-refractivity contribution in [3.8, 4) is 0 Å². The lowest BCUT2D eigenvalue weighted by molar-refractivity contribution is 0.109. The minimum Gasteiger partial charge on any atom is -0.476 e. The van der Waals surface area contributed by atoms with Crippen molar-refractivity contribution in [2.75, 3.05) is 25.6 Å². The van der Waals surface area contributed by atoms with Crippen LogP contribution in [0.5, 0.6) is 0 Å². The van der Waals surface area contributed by atoms with Crippen molar-refractivity contribution in [1.82, 2.24) is 0 Å². The van der Waals surface area contributed by atoms with Gasteiger partial charge in [0.2, 0.25) is 4.38 Å². The van der Waals surface area contributed by atoms with Crippen LogP contribution in [0.15, 0.2) is 0 Å². The van der Waals surface area contributed by atoms with Crippen LogP contribution in [0.2, 0.25) is 0 Å². The van der Waals surface area contributed by atoms with E-state index in [0.717, 1.165) is 12.4 Å². The lowest BCUT2D eigenvalue weighted by atomic mass is 10.4. The quantitative estimate of drug-likeness (QED) is 0.487. The van der Waals surface area contributed by atoms with Crippen molar-refractivity contribution >= 4 is 28.4 Å². The van der Waals surface area contributed by atoms with Crippen molar-refractivity contribution < 1.29 is 9.47 Å². The number of thioether (sulfide) groups is 1. The van der Waals surface area contributed by atoms with Gasteiger partial charge < -0.3 is 9.47 Å². The van der Waals surface area contributed by atoms with Gasteiger partial charge in [0.05, 0.1) is 6.61 Å². The Morgan fingerprint density at radius 2 is 2.08 bits per heavy atom. The zero-order chi connectivity index (χ0) is 9.94. The second kappa shape index (κ2) is 10.3. The molecule has 0 radical (unpaired) electrons. The van der Waals surface area contributed by atoms with Crippen molar-refractivity contribution in [3.63, 3.8) is 0 Å². The molecule has 0 amide bonds. The van der Waals surface area contributed by atoms with Crippen molar-refractivity contribution in [1.29, 1.82) is 0 Å². The third-order valence-electron chi connectivity index (χ3n) is 1.37. The zero-order valence-electron chi connectivity index (χ0n) is 8.38. The minimum atomic E-state index is 0.575. The fourth-order valence-corrected chi connectivity index (χ4v) is 1.77. The number of hydrogen-bond acceptors (Lipinski definition) is 4. The summed E-state index contributed by atoms with van der Waals surface area (Å²) in [5, 5.41) is 0. The Balaban J connectivity index is 3.11. The number of ether oxygens (including phenoxy) is 2. The summed E-state index contributed by atoms with van der Waals surface area (Å²) in [6, 6.07) is 0. The summed E-state index contributed by atoms with van der Waals surface area (Å²) in [5.41, 5.74) is 0. The van der Waals surface area contributed by atoms with E-state index in [2.05, 4.69) is 6.92 Å². The molecule has 13 heavy (non-hydrogen) atoms. The van der Waals surface area contributed by atoms with Gasteiger partial charge in [-0.3, -0.25) is 0 Å². The molecule has 78 valence electrons. The van der Waals surface area contributed by atoms with Crippen LogP contribution in [0.25, 0.3) is 0 Å². The van der Waals surface area contributed by atoms with Crippen LogP contribution in [-0.2, 0) is 9.47 Å². The van der Waals surface area contributed by atoms with Gasteiger partial charge >= 0.3 is 0 Å². The number of unbranched alkanes of at least 4 members (excludes halogenated alkanes) is 1. The summed E-state index contributed by atoms with van der Waals surface area (Å²) in [5.74, 6) is 1.06. The van der Waals surface area contributed by atoms with Gasteiger partial charge in [-0.05, 0) is 25.6 Å². The summed E-state index contributed by atoms with van der Waals surface area (Å²) >= 11 is 6.61. The molecule has 0 unspecified atom stereocenters. The monoisotopic (exact) mass is 222 g/mol. The van der Waals surface area contributed by atoms with Gasteiger partial charge in [-0.1, -0.05) is 25.1 Å². The molecule has 2 nitrogen and oxygen atoms in total. The van der Waals surface area contributed by atoms with Gasteiger partial charge in [-0.15, -0.1) is 0 Å². The molecule has 0 aromatic rings. The highest BCUT2D eigenvalue weighted by molar-refractivity contribution is 8.22. The van der Waals surface area contributed by atoms with E-state index in [-0.39, 0.29) is 0 Å². The average Bonchev–Trinajstić information content (AvgIpc) is 2.13. The van der Waals surface area contributed by atoms with Crippen LogP contribution in [0.4, 0.5) is 0 Å². The fraction of sp³-hybridized carbons (Fsp3) is 0.889. The van der Waals surface area contributed by atoms with Crippen LogP contribution in [-0.4, -0.2) is 30.0 Å². The molecule has 0 saturated carbocycles. The van der Waals surface area contributed by atoms with Crippen LogP contribution in [0, 0.1) is 0 Å². The molecule has 0 atom stereocenters. The standard InChI is InChI=1S/C9H18O2S2/c1-3-5-8-13-9(12)11-7-6-10-4-2/h3-8H2,1-2H3. The maximum absolute atomic E-state index is 5.26. The Labute approximate surface area is 90.4 Å².